The summed E-state index contributed by atoms with van der Waals surface area (Å²) in [5.74, 6) is 1.29. The van der Waals surface area contributed by atoms with Crippen LogP contribution >= 0.6 is 11.3 Å². The summed E-state index contributed by atoms with van der Waals surface area (Å²) in [6, 6.07) is 7.56. The molecule has 9 nitrogen and oxygen atoms in total. The molecule has 0 radical (unpaired) electrons. The highest BCUT2D eigenvalue weighted by Gasteiger charge is 2.22. The fourth-order valence-electron chi connectivity index (χ4n) is 4.46. The third-order valence-corrected chi connectivity index (χ3v) is 7.38. The van der Waals surface area contributed by atoms with Gasteiger partial charge in [0.25, 0.3) is 5.91 Å². The number of pyridine rings is 1. The molecule has 2 aliphatic rings. The molecular weight excluding hydrogens is 454 g/mol. The molecular formula is C24H29N5O4S. The van der Waals surface area contributed by atoms with Crippen molar-refractivity contribution in [2.24, 2.45) is 0 Å². The molecule has 4 heterocycles. The van der Waals surface area contributed by atoms with Gasteiger partial charge in [-0.05, 0) is 37.1 Å². The molecule has 2 aromatic heterocycles. The van der Waals surface area contributed by atoms with Gasteiger partial charge in [-0.25, -0.2) is 9.97 Å². The number of aromatic nitrogens is 2. The Bertz CT molecular complexity index is 1160. The number of ether oxygens (including phenoxy) is 3. The first-order chi connectivity index (χ1) is 16.7. The first-order valence-electron chi connectivity index (χ1n) is 11.5. The number of nitrogens with one attached hydrogen (secondary N) is 1. The van der Waals surface area contributed by atoms with Crippen LogP contribution in [0.5, 0.6) is 5.75 Å². The van der Waals surface area contributed by atoms with E-state index in [0.29, 0.717) is 35.8 Å². The van der Waals surface area contributed by atoms with E-state index in [1.807, 2.05) is 12.1 Å². The lowest BCUT2D eigenvalue weighted by molar-refractivity contribution is 0.0818. The Morgan fingerprint density at radius 3 is 2.65 bits per heavy atom. The number of anilines is 3. The van der Waals surface area contributed by atoms with E-state index >= 15 is 0 Å². The summed E-state index contributed by atoms with van der Waals surface area (Å²) < 4.78 is 17.5. The molecule has 0 atom stereocenters. The summed E-state index contributed by atoms with van der Waals surface area (Å²) in [5.41, 5.74) is 2.39. The number of carbonyl (C=O) groups excluding carboxylic acids is 1. The van der Waals surface area contributed by atoms with Gasteiger partial charge in [0.05, 0.1) is 36.8 Å². The first-order valence-corrected chi connectivity index (χ1v) is 12.3. The van der Waals surface area contributed by atoms with E-state index in [-0.39, 0.29) is 5.91 Å². The SMILES string of the molecule is COc1ccc(N2CCOCC2)c2sc(NC(=O)c3ccnc(N4CCC(OC)CC4)c3)nc12. The Morgan fingerprint density at radius 1 is 1.12 bits per heavy atom. The predicted octanol–water partition coefficient (Wildman–Crippen LogP) is 3.40. The van der Waals surface area contributed by atoms with E-state index in [4.69, 9.17) is 19.2 Å². The van der Waals surface area contributed by atoms with Crippen molar-refractivity contribution >= 4 is 44.1 Å². The minimum absolute atomic E-state index is 0.207. The van der Waals surface area contributed by atoms with Crippen molar-refractivity contribution in [3.63, 3.8) is 0 Å². The highest BCUT2D eigenvalue weighted by atomic mass is 32.1. The lowest BCUT2D eigenvalue weighted by Gasteiger charge is -2.32. The van der Waals surface area contributed by atoms with Crippen molar-refractivity contribution in [3.05, 3.63) is 36.0 Å². The van der Waals surface area contributed by atoms with Crippen LogP contribution in [-0.2, 0) is 9.47 Å². The van der Waals surface area contributed by atoms with E-state index in [1.54, 1.807) is 26.5 Å². The van der Waals surface area contributed by atoms with Crippen molar-refractivity contribution in [1.29, 1.82) is 0 Å². The van der Waals surface area contributed by atoms with Crippen molar-refractivity contribution in [1.82, 2.24) is 9.97 Å². The number of nitrogens with zero attached hydrogens (tertiary/aromatic N) is 4. The number of piperidine rings is 1. The molecule has 5 rings (SSSR count). The number of carbonyl (C=O) groups is 1. The zero-order valence-corrected chi connectivity index (χ0v) is 20.3. The maximum Gasteiger partial charge on any atom is 0.257 e. The third kappa shape index (κ3) is 4.66. The quantitative estimate of drug-likeness (QED) is 0.571. The van der Waals surface area contributed by atoms with Crippen molar-refractivity contribution in [3.8, 4) is 5.75 Å². The fourth-order valence-corrected chi connectivity index (χ4v) is 5.48. The molecule has 0 saturated carbocycles. The Balaban J connectivity index is 1.36. The summed E-state index contributed by atoms with van der Waals surface area (Å²) >= 11 is 1.46. The van der Waals surface area contributed by atoms with Crippen molar-refractivity contribution in [2.45, 2.75) is 18.9 Å². The molecule has 3 aromatic rings. The largest absolute Gasteiger partial charge is 0.494 e. The van der Waals surface area contributed by atoms with E-state index in [2.05, 4.69) is 26.2 Å². The Kier molecular flexibility index (Phi) is 6.80. The predicted molar refractivity (Wildman–Crippen MR) is 134 cm³/mol. The summed E-state index contributed by atoms with van der Waals surface area (Å²) in [6.45, 7) is 4.76. The minimum atomic E-state index is -0.207. The van der Waals surface area contributed by atoms with Gasteiger partial charge in [0.2, 0.25) is 0 Å². The maximum absolute atomic E-state index is 13.1. The molecule has 2 saturated heterocycles. The fraction of sp³-hybridized carbons (Fsp3) is 0.458. The minimum Gasteiger partial charge on any atom is -0.494 e. The molecule has 180 valence electrons. The second-order valence-corrected chi connectivity index (χ2v) is 9.36. The average Bonchev–Trinajstić information content (AvgIpc) is 3.32. The molecule has 10 heteroatoms. The van der Waals surface area contributed by atoms with Gasteiger partial charge in [0.1, 0.15) is 17.1 Å². The number of thiazole rings is 1. The van der Waals surface area contributed by atoms with Crippen LogP contribution in [0.3, 0.4) is 0 Å². The van der Waals surface area contributed by atoms with E-state index in [9.17, 15) is 4.79 Å². The van der Waals surface area contributed by atoms with Gasteiger partial charge in [-0.3, -0.25) is 10.1 Å². The molecule has 1 aromatic carbocycles. The van der Waals surface area contributed by atoms with Crippen LogP contribution in [0.25, 0.3) is 10.2 Å². The van der Waals surface area contributed by atoms with E-state index in [0.717, 1.165) is 60.7 Å². The van der Waals surface area contributed by atoms with Crippen LogP contribution in [0.2, 0.25) is 0 Å². The molecule has 1 amide bonds. The monoisotopic (exact) mass is 483 g/mol. The number of methoxy groups -OCH3 is 2. The zero-order valence-electron chi connectivity index (χ0n) is 19.5. The number of amides is 1. The smallest absolute Gasteiger partial charge is 0.257 e. The van der Waals surface area contributed by atoms with Crippen LogP contribution in [-0.4, -0.2) is 75.6 Å². The number of hydrogen-bond acceptors (Lipinski definition) is 9. The number of rotatable bonds is 6. The lowest BCUT2D eigenvalue weighted by Crippen LogP contribution is -2.37. The topological polar surface area (TPSA) is 89.1 Å². The lowest BCUT2D eigenvalue weighted by atomic mass is 10.1. The summed E-state index contributed by atoms with van der Waals surface area (Å²) in [4.78, 5) is 26.8. The van der Waals surface area contributed by atoms with Crippen LogP contribution in [0, 0.1) is 0 Å². The first kappa shape index (κ1) is 22.8. The highest BCUT2D eigenvalue weighted by Crippen LogP contribution is 2.39. The second-order valence-electron chi connectivity index (χ2n) is 8.36. The molecule has 0 aliphatic carbocycles. The molecule has 0 spiro atoms. The van der Waals surface area contributed by atoms with Crippen LogP contribution in [0.4, 0.5) is 16.6 Å². The van der Waals surface area contributed by atoms with Gasteiger partial charge in [-0.15, -0.1) is 0 Å². The molecule has 2 fully saturated rings. The average molecular weight is 484 g/mol. The van der Waals surface area contributed by atoms with Gasteiger partial charge < -0.3 is 24.0 Å². The normalized spacial score (nSPS) is 17.2. The molecule has 1 N–H and O–H groups in total. The standard InChI is InChI=1S/C24H29N5O4S/c1-31-17-6-9-29(10-7-17)20-15-16(5-8-25-20)23(30)27-24-26-21-19(32-2)4-3-18(22(21)34-24)28-11-13-33-14-12-28/h3-5,8,15,17H,6-7,9-14H2,1-2H3,(H,26,27,30). The number of hydrogen-bond donors (Lipinski definition) is 1. The van der Waals surface area contributed by atoms with Crippen LogP contribution in [0.1, 0.15) is 23.2 Å². The van der Waals surface area contributed by atoms with Crippen molar-refractivity contribution in [2.75, 3.05) is 68.7 Å². The molecule has 2 aliphatic heterocycles. The Labute approximate surface area is 202 Å². The van der Waals surface area contributed by atoms with E-state index < -0.39 is 0 Å². The molecule has 0 bridgehead atoms. The highest BCUT2D eigenvalue weighted by molar-refractivity contribution is 7.23. The molecule has 34 heavy (non-hydrogen) atoms. The second kappa shape index (κ2) is 10.1. The summed E-state index contributed by atoms with van der Waals surface area (Å²) in [6.07, 6.45) is 3.88. The third-order valence-electron chi connectivity index (χ3n) is 6.38. The van der Waals surface area contributed by atoms with E-state index in [1.165, 1.54) is 11.3 Å². The number of fused-ring (bicyclic) bond motifs is 1. The molecule has 0 unspecified atom stereocenters. The Morgan fingerprint density at radius 2 is 1.91 bits per heavy atom. The summed E-state index contributed by atoms with van der Waals surface area (Å²) in [5, 5.41) is 3.52. The van der Waals surface area contributed by atoms with Crippen LogP contribution in [0.15, 0.2) is 30.5 Å². The zero-order chi connectivity index (χ0) is 23.5. The Hall–Kier alpha value is -2.95. The van der Waals surface area contributed by atoms with Gasteiger partial charge >= 0.3 is 0 Å². The van der Waals surface area contributed by atoms with Gasteiger partial charge in [0.15, 0.2) is 5.13 Å². The number of morpholine rings is 1. The summed E-state index contributed by atoms with van der Waals surface area (Å²) in [7, 11) is 3.39. The van der Waals surface area contributed by atoms with Gasteiger partial charge in [-0.1, -0.05) is 11.3 Å². The number of benzene rings is 1. The van der Waals surface area contributed by atoms with Crippen LogP contribution < -0.4 is 19.9 Å². The van der Waals surface area contributed by atoms with Gasteiger partial charge in [0, 0.05) is 45.0 Å². The van der Waals surface area contributed by atoms with Gasteiger partial charge in [-0.2, -0.15) is 0 Å². The van der Waals surface area contributed by atoms with Crippen molar-refractivity contribution < 1.29 is 19.0 Å². The maximum atomic E-state index is 13.1.